The van der Waals surface area contributed by atoms with E-state index < -0.39 is 11.0 Å². The van der Waals surface area contributed by atoms with Crippen LogP contribution in [-0.4, -0.2) is 31.4 Å². The predicted molar refractivity (Wildman–Crippen MR) is 121 cm³/mol. The Bertz CT molecular complexity index is 1190. The summed E-state index contributed by atoms with van der Waals surface area (Å²) < 4.78 is 14.8. The van der Waals surface area contributed by atoms with Crippen molar-refractivity contribution in [2.45, 2.75) is 57.0 Å². The molecule has 1 saturated carbocycles. The first-order valence-corrected chi connectivity index (χ1v) is 11.0. The molecule has 0 spiro atoms. The molecule has 2 N–H and O–H groups in total. The smallest absolute Gasteiger partial charge is 0.259 e. The van der Waals surface area contributed by atoms with E-state index in [1.54, 1.807) is 42.1 Å². The van der Waals surface area contributed by atoms with Crippen molar-refractivity contribution in [3.8, 4) is 11.8 Å². The van der Waals surface area contributed by atoms with E-state index >= 15 is 0 Å². The highest BCUT2D eigenvalue weighted by atomic mass is 19.1. The van der Waals surface area contributed by atoms with Crippen LogP contribution in [-0.2, 0) is 5.41 Å². The van der Waals surface area contributed by atoms with Crippen LogP contribution in [0.5, 0.6) is 0 Å². The number of amides is 1. The van der Waals surface area contributed by atoms with Crippen LogP contribution in [0.2, 0.25) is 0 Å². The third-order valence-corrected chi connectivity index (χ3v) is 6.74. The molecule has 3 aromatic rings. The quantitative estimate of drug-likeness (QED) is 0.602. The molecule has 33 heavy (non-hydrogen) atoms. The SMILES string of the molecule is CC[C@]1(O)CC[C@@](C#N)(c2ccc(NC(=O)c3cnn(-c4ccc(F)cc4)c3C)cn2)CC1. The zero-order chi connectivity index (χ0) is 23.6. The Morgan fingerprint density at radius 1 is 1.18 bits per heavy atom. The van der Waals surface area contributed by atoms with Crippen LogP contribution in [0.1, 0.15) is 60.8 Å². The number of nitriles is 1. The summed E-state index contributed by atoms with van der Waals surface area (Å²) in [7, 11) is 0. The third kappa shape index (κ3) is 4.37. The minimum absolute atomic E-state index is 0.337. The fourth-order valence-corrected chi connectivity index (χ4v) is 4.35. The van der Waals surface area contributed by atoms with Crippen molar-refractivity contribution >= 4 is 11.6 Å². The second-order valence-corrected chi connectivity index (χ2v) is 8.69. The Morgan fingerprint density at radius 3 is 2.45 bits per heavy atom. The van der Waals surface area contributed by atoms with E-state index in [2.05, 4.69) is 21.5 Å². The molecule has 2 heterocycles. The van der Waals surface area contributed by atoms with Crippen LogP contribution in [0.4, 0.5) is 10.1 Å². The second-order valence-electron chi connectivity index (χ2n) is 8.69. The van der Waals surface area contributed by atoms with Gasteiger partial charge in [-0.05, 0) is 75.4 Å². The molecular weight excluding hydrogens is 421 g/mol. The van der Waals surface area contributed by atoms with Crippen molar-refractivity contribution in [2.75, 3.05) is 5.32 Å². The van der Waals surface area contributed by atoms with Crippen LogP contribution in [0.3, 0.4) is 0 Å². The summed E-state index contributed by atoms with van der Waals surface area (Å²) in [6.07, 6.45) is 5.92. The predicted octanol–water partition coefficient (Wildman–Crippen LogP) is 4.44. The zero-order valence-electron chi connectivity index (χ0n) is 18.7. The molecule has 7 nitrogen and oxygen atoms in total. The van der Waals surface area contributed by atoms with Gasteiger partial charge in [-0.2, -0.15) is 10.4 Å². The van der Waals surface area contributed by atoms with Gasteiger partial charge in [0.05, 0.1) is 57.8 Å². The lowest BCUT2D eigenvalue weighted by Crippen LogP contribution is -2.40. The fraction of sp³-hybridized carbons (Fsp3) is 0.360. The molecule has 1 fully saturated rings. The van der Waals surface area contributed by atoms with Gasteiger partial charge >= 0.3 is 0 Å². The Labute approximate surface area is 191 Å². The Morgan fingerprint density at radius 2 is 1.88 bits per heavy atom. The van der Waals surface area contributed by atoms with Crippen molar-refractivity contribution in [3.63, 3.8) is 0 Å². The maximum Gasteiger partial charge on any atom is 0.259 e. The van der Waals surface area contributed by atoms with E-state index in [9.17, 15) is 19.6 Å². The summed E-state index contributed by atoms with van der Waals surface area (Å²) in [5.41, 5.74) is 1.40. The Kier molecular flexibility index (Phi) is 6.00. The van der Waals surface area contributed by atoms with Gasteiger partial charge in [-0.1, -0.05) is 6.92 Å². The average Bonchev–Trinajstić information content (AvgIpc) is 3.22. The van der Waals surface area contributed by atoms with E-state index in [0.717, 1.165) is 0 Å². The molecule has 0 bridgehead atoms. The minimum Gasteiger partial charge on any atom is -0.390 e. The summed E-state index contributed by atoms with van der Waals surface area (Å²) in [6, 6.07) is 11.8. The number of nitrogens with one attached hydrogen (secondary N) is 1. The van der Waals surface area contributed by atoms with E-state index in [4.69, 9.17) is 0 Å². The van der Waals surface area contributed by atoms with Crippen LogP contribution in [0, 0.1) is 24.1 Å². The number of hydrogen-bond donors (Lipinski definition) is 2. The number of aromatic nitrogens is 3. The number of benzene rings is 1. The topological polar surface area (TPSA) is 104 Å². The van der Waals surface area contributed by atoms with Gasteiger partial charge in [0, 0.05) is 0 Å². The summed E-state index contributed by atoms with van der Waals surface area (Å²) in [5, 5.41) is 27.5. The molecule has 8 heteroatoms. The molecule has 0 saturated heterocycles. The molecule has 170 valence electrons. The number of carbonyl (C=O) groups is 1. The monoisotopic (exact) mass is 447 g/mol. The lowest BCUT2D eigenvalue weighted by molar-refractivity contribution is -0.0124. The highest BCUT2D eigenvalue weighted by Gasteiger charge is 2.43. The number of carbonyl (C=O) groups excluding carboxylic acids is 1. The summed E-state index contributed by atoms with van der Waals surface area (Å²) in [6.45, 7) is 3.73. The lowest BCUT2D eigenvalue weighted by atomic mass is 9.67. The zero-order valence-corrected chi connectivity index (χ0v) is 18.7. The number of pyridine rings is 1. The van der Waals surface area contributed by atoms with E-state index in [0.29, 0.717) is 60.4 Å². The number of anilines is 1. The van der Waals surface area contributed by atoms with Crippen LogP contribution in [0.15, 0.2) is 48.8 Å². The minimum atomic E-state index is -0.725. The Balaban J connectivity index is 1.48. The largest absolute Gasteiger partial charge is 0.390 e. The molecule has 0 atom stereocenters. The molecule has 2 aromatic heterocycles. The first-order valence-electron chi connectivity index (χ1n) is 11.0. The molecular formula is C25H26FN5O2. The van der Waals surface area contributed by atoms with Gasteiger partial charge in [0.1, 0.15) is 5.82 Å². The summed E-state index contributed by atoms with van der Waals surface area (Å²) in [5.74, 6) is -0.680. The summed E-state index contributed by atoms with van der Waals surface area (Å²) in [4.78, 5) is 17.3. The van der Waals surface area contributed by atoms with Gasteiger partial charge in [-0.3, -0.25) is 9.78 Å². The molecule has 1 aliphatic carbocycles. The molecule has 1 aromatic carbocycles. The fourth-order valence-electron chi connectivity index (χ4n) is 4.35. The van der Waals surface area contributed by atoms with Crippen molar-refractivity contribution in [1.82, 2.24) is 14.8 Å². The van der Waals surface area contributed by atoms with Gasteiger partial charge < -0.3 is 10.4 Å². The first kappa shape index (κ1) is 22.6. The average molecular weight is 448 g/mol. The molecule has 1 aliphatic rings. The molecule has 0 unspecified atom stereocenters. The number of rotatable bonds is 5. The van der Waals surface area contributed by atoms with E-state index in [-0.39, 0.29) is 11.7 Å². The van der Waals surface area contributed by atoms with Gasteiger partial charge in [-0.25, -0.2) is 9.07 Å². The van der Waals surface area contributed by atoms with E-state index in [1.165, 1.54) is 18.3 Å². The number of aliphatic hydroxyl groups is 1. The highest BCUT2D eigenvalue weighted by molar-refractivity contribution is 6.04. The molecule has 0 aliphatic heterocycles. The van der Waals surface area contributed by atoms with Crippen LogP contribution in [0.25, 0.3) is 5.69 Å². The maximum absolute atomic E-state index is 13.2. The molecule has 0 radical (unpaired) electrons. The van der Waals surface area contributed by atoms with E-state index in [1.807, 2.05) is 6.92 Å². The highest BCUT2D eigenvalue weighted by Crippen LogP contribution is 2.43. The van der Waals surface area contributed by atoms with Gasteiger partial charge in [-0.15, -0.1) is 0 Å². The first-order chi connectivity index (χ1) is 15.8. The maximum atomic E-state index is 13.2. The lowest BCUT2D eigenvalue weighted by Gasteiger charge is -2.39. The standard InChI is InChI=1S/C25H26FN5O2/c1-3-25(33)12-10-24(16-27,11-13-25)22-9-6-19(14-28-22)30-23(32)21-15-29-31(17(21)2)20-7-4-18(26)5-8-20/h4-9,14-15,33H,3,10-13H2,1-2H3,(H,30,32)/t24-,25+. The van der Waals surface area contributed by atoms with Crippen molar-refractivity contribution in [1.29, 1.82) is 5.26 Å². The van der Waals surface area contributed by atoms with Gasteiger partial charge in [0.2, 0.25) is 0 Å². The third-order valence-electron chi connectivity index (χ3n) is 6.74. The van der Waals surface area contributed by atoms with Crippen molar-refractivity contribution in [2.24, 2.45) is 0 Å². The summed E-state index contributed by atoms with van der Waals surface area (Å²) >= 11 is 0. The molecule has 4 rings (SSSR count). The second kappa shape index (κ2) is 8.75. The van der Waals surface area contributed by atoms with Crippen molar-refractivity contribution in [3.05, 3.63) is 71.6 Å². The number of halogens is 1. The van der Waals surface area contributed by atoms with Crippen LogP contribution >= 0.6 is 0 Å². The van der Waals surface area contributed by atoms with Crippen molar-refractivity contribution < 1.29 is 14.3 Å². The number of nitrogens with zero attached hydrogens (tertiary/aromatic N) is 4. The van der Waals surface area contributed by atoms with Crippen LogP contribution < -0.4 is 5.32 Å². The normalized spacial score (nSPS) is 22.5. The van der Waals surface area contributed by atoms with Gasteiger partial charge in [0.25, 0.3) is 5.91 Å². The van der Waals surface area contributed by atoms with Gasteiger partial charge in [0.15, 0.2) is 0 Å². The molecule has 1 amide bonds. The Hall–Kier alpha value is -3.57. The number of hydrogen-bond acceptors (Lipinski definition) is 5.